The van der Waals surface area contributed by atoms with E-state index in [1.165, 1.54) is 19.2 Å². The molecule has 0 saturated heterocycles. The van der Waals surface area contributed by atoms with Crippen molar-refractivity contribution in [2.75, 3.05) is 7.11 Å². The Morgan fingerprint density at radius 3 is 2.38 bits per heavy atom. The Hall–Kier alpha value is -3.13. The summed E-state index contributed by atoms with van der Waals surface area (Å²) in [6, 6.07) is 4.78. The second kappa shape index (κ2) is 5.50. The van der Waals surface area contributed by atoms with E-state index in [4.69, 9.17) is 9.47 Å². The van der Waals surface area contributed by atoms with Crippen LogP contribution in [0.4, 0.5) is 0 Å². The van der Waals surface area contributed by atoms with E-state index in [1.54, 1.807) is 0 Å². The molecule has 0 amide bonds. The molecule has 2 aromatic carbocycles. The molecule has 1 unspecified atom stereocenters. The lowest BCUT2D eigenvalue weighted by Gasteiger charge is -2.30. The van der Waals surface area contributed by atoms with Gasteiger partial charge in [-0.05, 0) is 17.7 Å². The predicted octanol–water partition coefficient (Wildman–Crippen LogP) is 1.19. The Labute approximate surface area is 135 Å². The van der Waals surface area contributed by atoms with Crippen molar-refractivity contribution in [1.29, 1.82) is 0 Å². The smallest absolute Gasteiger partial charge is 0.203 e. The fraction of sp³-hybridized carbons (Fsp3) is 0.188. The number of methoxy groups -OCH3 is 1. The minimum Gasteiger partial charge on any atom is -0.504 e. The number of aliphatic hydroxyl groups excluding tert-OH is 1. The third kappa shape index (κ3) is 2.24. The van der Waals surface area contributed by atoms with Gasteiger partial charge in [-0.3, -0.25) is 4.79 Å². The molecule has 0 fully saturated rings. The summed E-state index contributed by atoms with van der Waals surface area (Å²) in [6.07, 6.45) is -2.86. The van der Waals surface area contributed by atoms with Crippen LogP contribution < -0.4 is 9.47 Å². The van der Waals surface area contributed by atoms with Crippen LogP contribution in [0.2, 0.25) is 0 Å². The van der Waals surface area contributed by atoms with Crippen LogP contribution in [0, 0.1) is 0 Å². The summed E-state index contributed by atoms with van der Waals surface area (Å²) >= 11 is 0. The zero-order valence-corrected chi connectivity index (χ0v) is 12.4. The number of ketones is 1. The molecule has 3 rings (SSSR count). The number of ether oxygens (including phenoxy) is 2. The van der Waals surface area contributed by atoms with Crippen LogP contribution in [0.15, 0.2) is 24.3 Å². The first-order chi connectivity index (χ1) is 11.3. The van der Waals surface area contributed by atoms with Gasteiger partial charge in [0.05, 0.1) is 7.11 Å². The molecule has 0 saturated carbocycles. The fourth-order valence-electron chi connectivity index (χ4n) is 2.60. The molecule has 0 bridgehead atoms. The Kier molecular flexibility index (Phi) is 3.61. The van der Waals surface area contributed by atoms with Gasteiger partial charge in [-0.1, -0.05) is 6.07 Å². The Balaban J connectivity index is 2.11. The normalized spacial score (nSPS) is 19.5. The summed E-state index contributed by atoms with van der Waals surface area (Å²) in [5.74, 6) is -3.16. The summed E-state index contributed by atoms with van der Waals surface area (Å²) in [5, 5.41) is 49.0. The second-order valence-electron chi connectivity index (χ2n) is 5.25. The van der Waals surface area contributed by atoms with Crippen LogP contribution in [0.5, 0.6) is 34.5 Å². The lowest BCUT2D eigenvalue weighted by atomic mass is 9.92. The third-order valence-electron chi connectivity index (χ3n) is 3.79. The molecule has 0 aliphatic carbocycles. The summed E-state index contributed by atoms with van der Waals surface area (Å²) in [7, 11) is 1.20. The number of benzene rings is 2. The molecule has 2 atom stereocenters. The average Bonchev–Trinajstić information content (AvgIpc) is 2.53. The van der Waals surface area contributed by atoms with Crippen molar-refractivity contribution in [1.82, 2.24) is 0 Å². The summed E-state index contributed by atoms with van der Waals surface area (Å²) in [4.78, 5) is 12.4. The fourth-order valence-corrected chi connectivity index (χ4v) is 2.60. The molecule has 126 valence electrons. The number of fused-ring (bicyclic) bond motifs is 1. The molecule has 5 N–H and O–H groups in total. The number of aromatic hydroxyl groups is 4. The number of aliphatic hydroxyl groups is 1. The van der Waals surface area contributed by atoms with Crippen LogP contribution >= 0.6 is 0 Å². The number of hydrogen-bond donors (Lipinski definition) is 5. The van der Waals surface area contributed by atoms with Gasteiger partial charge in [-0.15, -0.1) is 0 Å². The van der Waals surface area contributed by atoms with E-state index in [1.807, 2.05) is 0 Å². The lowest BCUT2D eigenvalue weighted by Crippen LogP contribution is -2.36. The highest BCUT2D eigenvalue weighted by molar-refractivity contribution is 6.06. The van der Waals surface area contributed by atoms with Crippen molar-refractivity contribution in [2.45, 2.75) is 12.2 Å². The van der Waals surface area contributed by atoms with Crippen LogP contribution in [-0.4, -0.2) is 44.5 Å². The van der Waals surface area contributed by atoms with Gasteiger partial charge < -0.3 is 35.0 Å². The molecule has 1 aliphatic rings. The van der Waals surface area contributed by atoms with Crippen molar-refractivity contribution in [3.05, 3.63) is 35.4 Å². The first-order valence-electron chi connectivity index (χ1n) is 6.89. The monoisotopic (exact) mass is 334 g/mol. The molecule has 1 aliphatic heterocycles. The zero-order chi connectivity index (χ0) is 17.6. The van der Waals surface area contributed by atoms with Crippen molar-refractivity contribution in [3.63, 3.8) is 0 Å². The van der Waals surface area contributed by atoms with Crippen LogP contribution in [-0.2, 0) is 0 Å². The van der Waals surface area contributed by atoms with E-state index >= 15 is 0 Å². The van der Waals surface area contributed by atoms with Gasteiger partial charge in [0.15, 0.2) is 35.2 Å². The molecular formula is C16H14O8. The highest BCUT2D eigenvalue weighted by Gasteiger charge is 2.40. The molecule has 0 aromatic heterocycles. The maximum Gasteiger partial charge on any atom is 0.203 e. The maximum atomic E-state index is 12.4. The molecule has 2 aromatic rings. The van der Waals surface area contributed by atoms with E-state index in [-0.39, 0.29) is 28.4 Å². The number of carbonyl (C=O) groups excluding carboxylic acids is 1. The van der Waals surface area contributed by atoms with E-state index < -0.39 is 35.2 Å². The molecular weight excluding hydrogens is 320 g/mol. The molecule has 0 spiro atoms. The Bertz CT molecular complexity index is 829. The Morgan fingerprint density at radius 1 is 1.04 bits per heavy atom. The van der Waals surface area contributed by atoms with Crippen LogP contribution in [0.25, 0.3) is 0 Å². The number of phenols is 4. The second-order valence-corrected chi connectivity index (χ2v) is 5.25. The van der Waals surface area contributed by atoms with E-state index in [0.29, 0.717) is 0 Å². The number of hydrogen-bond acceptors (Lipinski definition) is 8. The first kappa shape index (κ1) is 15.8. The van der Waals surface area contributed by atoms with Gasteiger partial charge in [-0.2, -0.15) is 0 Å². The Morgan fingerprint density at radius 2 is 1.75 bits per heavy atom. The standard InChI is InChI=1S/C16H14O8/c1-23-16-9(19)5-10-11(13(16)21)12(20)14(22)15(24-10)6-2-3-7(17)8(18)4-6/h2-5,14-15,17-19,21-22H,1H3/t14?,15-/m1/s1. The number of carbonyl (C=O) groups is 1. The van der Waals surface area contributed by atoms with Crippen molar-refractivity contribution < 1.29 is 39.8 Å². The third-order valence-corrected chi connectivity index (χ3v) is 3.79. The minimum atomic E-state index is -1.67. The summed E-state index contributed by atoms with van der Waals surface area (Å²) in [6.45, 7) is 0. The first-order valence-corrected chi connectivity index (χ1v) is 6.89. The number of phenolic OH excluding ortho intramolecular Hbond substituents is 4. The van der Waals surface area contributed by atoms with Crippen LogP contribution in [0.1, 0.15) is 22.0 Å². The molecule has 24 heavy (non-hydrogen) atoms. The lowest BCUT2D eigenvalue weighted by molar-refractivity contribution is 0.0208. The quantitative estimate of drug-likeness (QED) is 0.517. The largest absolute Gasteiger partial charge is 0.504 e. The highest BCUT2D eigenvalue weighted by Crippen LogP contribution is 2.48. The van der Waals surface area contributed by atoms with Crippen molar-refractivity contribution >= 4 is 5.78 Å². The van der Waals surface area contributed by atoms with Gasteiger partial charge in [0, 0.05) is 6.07 Å². The van der Waals surface area contributed by atoms with E-state index in [2.05, 4.69) is 0 Å². The average molecular weight is 334 g/mol. The SMILES string of the molecule is COc1c(O)cc2c(c1O)C(=O)C(O)[C@@H](c1ccc(O)c(O)c1)O2. The number of rotatable bonds is 2. The number of Topliss-reactive ketones (excluding diaryl/α,β-unsaturated/α-hetero) is 1. The molecule has 8 nitrogen and oxygen atoms in total. The summed E-state index contributed by atoms with van der Waals surface area (Å²) < 4.78 is 10.3. The van der Waals surface area contributed by atoms with Gasteiger partial charge in [-0.25, -0.2) is 0 Å². The van der Waals surface area contributed by atoms with E-state index in [0.717, 1.165) is 12.1 Å². The predicted molar refractivity (Wildman–Crippen MR) is 79.8 cm³/mol. The van der Waals surface area contributed by atoms with Gasteiger partial charge in [0.2, 0.25) is 11.5 Å². The zero-order valence-electron chi connectivity index (χ0n) is 12.4. The molecule has 1 heterocycles. The van der Waals surface area contributed by atoms with Gasteiger partial charge in [0.1, 0.15) is 11.3 Å². The molecule has 0 radical (unpaired) electrons. The highest BCUT2D eigenvalue weighted by atomic mass is 16.5. The van der Waals surface area contributed by atoms with Gasteiger partial charge in [0.25, 0.3) is 0 Å². The maximum absolute atomic E-state index is 12.4. The van der Waals surface area contributed by atoms with Crippen molar-refractivity contribution in [2.24, 2.45) is 0 Å². The van der Waals surface area contributed by atoms with Crippen LogP contribution in [0.3, 0.4) is 0 Å². The summed E-state index contributed by atoms with van der Waals surface area (Å²) in [5.41, 5.74) is -0.0806. The van der Waals surface area contributed by atoms with E-state index in [9.17, 15) is 30.3 Å². The van der Waals surface area contributed by atoms with Gasteiger partial charge >= 0.3 is 0 Å². The minimum absolute atomic E-state index is 0.140. The van der Waals surface area contributed by atoms with Crippen molar-refractivity contribution in [3.8, 4) is 34.5 Å². The molecule has 8 heteroatoms. The topological polar surface area (TPSA) is 137 Å².